The van der Waals surface area contributed by atoms with Gasteiger partial charge in [0.15, 0.2) is 14.6 Å². The van der Waals surface area contributed by atoms with Gasteiger partial charge in [-0.15, -0.1) is 0 Å². The second-order valence-corrected chi connectivity index (χ2v) is 6.86. The van der Waals surface area contributed by atoms with E-state index in [0.29, 0.717) is 25.8 Å². The molecule has 1 atom stereocenters. The molecule has 0 radical (unpaired) electrons. The first-order valence-electron chi connectivity index (χ1n) is 4.85. The van der Waals surface area contributed by atoms with E-state index < -0.39 is 14.6 Å². The van der Waals surface area contributed by atoms with Crippen LogP contribution in [-0.2, 0) is 9.84 Å². The summed E-state index contributed by atoms with van der Waals surface area (Å²) in [6, 6.07) is 1.98. The van der Waals surface area contributed by atoms with E-state index in [9.17, 15) is 8.42 Å². The van der Waals surface area contributed by atoms with Crippen molar-refractivity contribution in [2.75, 3.05) is 20.1 Å². The van der Waals surface area contributed by atoms with E-state index in [1.54, 1.807) is 0 Å². The van der Waals surface area contributed by atoms with Crippen molar-refractivity contribution in [2.45, 2.75) is 29.3 Å². The highest BCUT2D eigenvalue weighted by Gasteiger charge is 2.58. The maximum atomic E-state index is 12.0. The quantitative estimate of drug-likeness (QED) is 0.657. The van der Waals surface area contributed by atoms with E-state index in [0.717, 1.165) is 6.54 Å². The van der Waals surface area contributed by atoms with E-state index >= 15 is 0 Å². The second-order valence-electron chi connectivity index (χ2n) is 4.32. The number of nitriles is 1. The van der Waals surface area contributed by atoms with Gasteiger partial charge in [-0.1, -0.05) is 0 Å². The van der Waals surface area contributed by atoms with Gasteiger partial charge in [-0.3, -0.25) is 0 Å². The van der Waals surface area contributed by atoms with Gasteiger partial charge >= 0.3 is 0 Å². The van der Waals surface area contributed by atoms with Crippen LogP contribution in [0.2, 0.25) is 0 Å². The van der Waals surface area contributed by atoms with Gasteiger partial charge in [0.1, 0.15) is 0 Å². The lowest BCUT2D eigenvalue weighted by Crippen LogP contribution is -2.34. The highest BCUT2D eigenvalue weighted by molar-refractivity contribution is 7.94. The minimum atomic E-state index is -3.21. The summed E-state index contributed by atoms with van der Waals surface area (Å²) in [5.41, 5.74) is 0. The molecule has 1 aliphatic carbocycles. The largest absolute Gasteiger partial charge is 0.305 e. The maximum absolute atomic E-state index is 12.0. The molecule has 0 bridgehead atoms. The smallest absolute Gasteiger partial charge is 0.173 e. The zero-order valence-corrected chi connectivity index (χ0v) is 9.05. The molecule has 1 saturated carbocycles. The Balaban J connectivity index is 2.22. The number of nitrogens with zero attached hydrogens (tertiary/aromatic N) is 2. The molecular formula is C9H14N2O2S. The summed E-state index contributed by atoms with van der Waals surface area (Å²) < 4.78 is 23.1. The van der Waals surface area contributed by atoms with Crippen molar-refractivity contribution in [3.63, 3.8) is 0 Å². The summed E-state index contributed by atoms with van der Waals surface area (Å²) in [6.45, 7) is 1.41. The highest BCUT2D eigenvalue weighted by atomic mass is 32.2. The molecule has 2 rings (SSSR count). The first-order chi connectivity index (χ1) is 6.52. The Morgan fingerprint density at radius 3 is 2.50 bits per heavy atom. The minimum Gasteiger partial charge on any atom is -0.305 e. The molecule has 0 aromatic heterocycles. The van der Waals surface area contributed by atoms with Gasteiger partial charge in [-0.05, 0) is 32.9 Å². The second kappa shape index (κ2) is 2.94. The first kappa shape index (κ1) is 9.94. The van der Waals surface area contributed by atoms with Gasteiger partial charge in [0.05, 0.1) is 11.3 Å². The molecule has 1 unspecified atom stereocenters. The molecule has 4 nitrogen and oxygen atoms in total. The lowest BCUT2D eigenvalue weighted by atomic mass is 10.4. The van der Waals surface area contributed by atoms with Crippen LogP contribution in [0.15, 0.2) is 0 Å². The van der Waals surface area contributed by atoms with Gasteiger partial charge in [0, 0.05) is 6.54 Å². The van der Waals surface area contributed by atoms with E-state index in [1.807, 2.05) is 18.0 Å². The molecule has 0 aromatic rings. The molecule has 0 spiro atoms. The van der Waals surface area contributed by atoms with Crippen LogP contribution in [0.4, 0.5) is 0 Å². The molecule has 2 fully saturated rings. The molecule has 1 saturated heterocycles. The lowest BCUT2D eigenvalue weighted by Gasteiger charge is -2.14. The average Bonchev–Trinajstić information content (AvgIpc) is 2.84. The molecule has 5 heteroatoms. The third kappa shape index (κ3) is 1.25. The molecule has 0 aromatic carbocycles. The van der Waals surface area contributed by atoms with Crippen molar-refractivity contribution in [2.24, 2.45) is 0 Å². The summed E-state index contributed by atoms with van der Waals surface area (Å²) >= 11 is 0. The van der Waals surface area contributed by atoms with Crippen molar-refractivity contribution in [1.29, 1.82) is 5.26 Å². The molecule has 1 aliphatic heterocycles. The fraction of sp³-hybridized carbons (Fsp3) is 0.889. The number of hydrogen-bond acceptors (Lipinski definition) is 4. The van der Waals surface area contributed by atoms with Crippen LogP contribution in [0, 0.1) is 11.3 Å². The van der Waals surface area contributed by atoms with Gasteiger partial charge in [-0.2, -0.15) is 5.26 Å². The molecule has 1 heterocycles. The van der Waals surface area contributed by atoms with Crippen LogP contribution in [0.1, 0.15) is 19.3 Å². The fourth-order valence-electron chi connectivity index (χ4n) is 2.04. The molecule has 14 heavy (non-hydrogen) atoms. The Bertz CT molecular complexity index is 378. The zero-order valence-electron chi connectivity index (χ0n) is 8.23. The summed E-state index contributed by atoms with van der Waals surface area (Å²) in [5.74, 6) is 0. The average molecular weight is 214 g/mol. The molecule has 0 N–H and O–H groups in total. The summed E-state index contributed by atoms with van der Waals surface area (Å²) in [4.78, 5) is 2.01. The normalized spacial score (nSPS) is 31.3. The third-order valence-electron chi connectivity index (χ3n) is 3.24. The van der Waals surface area contributed by atoms with Crippen LogP contribution < -0.4 is 0 Å². The van der Waals surface area contributed by atoms with Gasteiger partial charge in [0.2, 0.25) is 0 Å². The summed E-state index contributed by atoms with van der Waals surface area (Å²) in [6.07, 6.45) is 1.75. The number of rotatable bonds is 2. The summed E-state index contributed by atoms with van der Waals surface area (Å²) in [7, 11) is -1.29. The van der Waals surface area contributed by atoms with Crippen molar-refractivity contribution in [3.05, 3.63) is 0 Å². The highest BCUT2D eigenvalue weighted by Crippen LogP contribution is 2.46. The number of sulfone groups is 1. The Morgan fingerprint density at radius 2 is 2.14 bits per heavy atom. The van der Waals surface area contributed by atoms with E-state index in [1.165, 1.54) is 0 Å². The van der Waals surface area contributed by atoms with E-state index in [-0.39, 0.29) is 5.25 Å². The van der Waals surface area contributed by atoms with Gasteiger partial charge in [0.25, 0.3) is 0 Å². The molecule has 0 amide bonds. The Labute approximate surface area is 84.4 Å². The zero-order chi connectivity index (χ0) is 10.4. The summed E-state index contributed by atoms with van der Waals surface area (Å²) in [5, 5.41) is 8.57. The standard InChI is InChI=1S/C9H14N2O2S/c1-11-5-2-8(6-11)14(12,13)9(7-10)3-4-9/h8H,2-6H2,1H3. The van der Waals surface area contributed by atoms with Crippen LogP contribution in [0.3, 0.4) is 0 Å². The van der Waals surface area contributed by atoms with E-state index in [2.05, 4.69) is 0 Å². The minimum absolute atomic E-state index is 0.311. The molecule has 78 valence electrons. The predicted octanol–water partition coefficient (Wildman–Crippen LogP) is 0.161. The monoisotopic (exact) mass is 214 g/mol. The van der Waals surface area contributed by atoms with Crippen molar-refractivity contribution in [3.8, 4) is 6.07 Å². The van der Waals surface area contributed by atoms with Crippen LogP contribution >= 0.6 is 0 Å². The molecular weight excluding hydrogens is 200 g/mol. The third-order valence-corrected chi connectivity index (χ3v) is 6.09. The Kier molecular flexibility index (Phi) is 2.09. The topological polar surface area (TPSA) is 61.2 Å². The molecule has 2 aliphatic rings. The van der Waals surface area contributed by atoms with Gasteiger partial charge < -0.3 is 4.90 Å². The van der Waals surface area contributed by atoms with Crippen molar-refractivity contribution in [1.82, 2.24) is 4.90 Å². The Morgan fingerprint density at radius 1 is 1.50 bits per heavy atom. The van der Waals surface area contributed by atoms with Crippen molar-refractivity contribution < 1.29 is 8.42 Å². The van der Waals surface area contributed by atoms with Crippen molar-refractivity contribution >= 4 is 9.84 Å². The lowest BCUT2D eigenvalue weighted by molar-refractivity contribution is 0.417. The fourth-order valence-corrected chi connectivity index (χ4v) is 4.34. The maximum Gasteiger partial charge on any atom is 0.173 e. The SMILES string of the molecule is CN1CCC(S(=O)(=O)C2(C#N)CC2)C1. The predicted molar refractivity (Wildman–Crippen MR) is 52.4 cm³/mol. The number of hydrogen-bond donors (Lipinski definition) is 0. The van der Waals surface area contributed by atoms with Crippen LogP contribution in [-0.4, -0.2) is 43.5 Å². The van der Waals surface area contributed by atoms with E-state index in [4.69, 9.17) is 5.26 Å². The van der Waals surface area contributed by atoms with Crippen LogP contribution in [0.5, 0.6) is 0 Å². The van der Waals surface area contributed by atoms with Crippen LogP contribution in [0.25, 0.3) is 0 Å². The van der Waals surface area contributed by atoms with Gasteiger partial charge in [-0.25, -0.2) is 8.42 Å². The Hall–Kier alpha value is -0.600. The first-order valence-corrected chi connectivity index (χ1v) is 6.40. The number of likely N-dealkylation sites (tertiary alicyclic amines) is 1.